The minimum atomic E-state index is -2.45. The summed E-state index contributed by atoms with van der Waals surface area (Å²) in [6.45, 7) is 14.6. The maximum Gasteiger partial charge on any atom is 0.332 e. The summed E-state index contributed by atoms with van der Waals surface area (Å²) in [4.78, 5) is 57.3. The van der Waals surface area contributed by atoms with Gasteiger partial charge in [-0.05, 0) is 37.0 Å². The van der Waals surface area contributed by atoms with Crippen LogP contribution in [0.15, 0.2) is 42.6 Å². The van der Waals surface area contributed by atoms with Gasteiger partial charge in [0.15, 0.2) is 29.3 Å². The molecule has 11 nitrogen and oxygen atoms in total. The lowest BCUT2D eigenvalue weighted by Crippen LogP contribution is -2.47. The van der Waals surface area contributed by atoms with Crippen LogP contribution in [0.3, 0.4) is 0 Å². The van der Waals surface area contributed by atoms with Gasteiger partial charge in [0.1, 0.15) is 18.6 Å². The summed E-state index contributed by atoms with van der Waals surface area (Å²) in [5.41, 5.74) is 0.716. The second-order valence-electron chi connectivity index (χ2n) is 12.7. The van der Waals surface area contributed by atoms with Crippen molar-refractivity contribution < 1.29 is 42.6 Å². The second-order valence-corrected chi connectivity index (χ2v) is 17.4. The highest BCUT2D eigenvalue weighted by Crippen LogP contribution is 2.41. The number of hydrogen-bond acceptors (Lipinski definition) is 10. The predicted molar refractivity (Wildman–Crippen MR) is 165 cm³/mol. The van der Waals surface area contributed by atoms with Crippen molar-refractivity contribution >= 4 is 32.1 Å². The molecule has 1 N–H and O–H groups in total. The number of benzene rings is 1. The van der Waals surface area contributed by atoms with Gasteiger partial charge in [-0.15, -0.1) is 0 Å². The van der Waals surface area contributed by atoms with Gasteiger partial charge < -0.3 is 28.7 Å². The Bertz CT molecular complexity index is 1340. The Balaban J connectivity index is 1.92. The van der Waals surface area contributed by atoms with Crippen molar-refractivity contribution in [1.82, 2.24) is 10.3 Å². The molecule has 240 valence electrons. The number of carbonyl (C=O) groups is 4. The Hall–Kier alpha value is -3.93. The predicted octanol–water partition coefficient (Wildman–Crippen LogP) is 4.49. The van der Waals surface area contributed by atoms with Crippen molar-refractivity contribution in [2.24, 2.45) is 11.8 Å². The fraction of sp³-hybridized carbons (Fsp3) is 0.531. The van der Waals surface area contributed by atoms with Gasteiger partial charge >= 0.3 is 17.9 Å². The third-order valence-corrected chi connectivity index (χ3v) is 12.3. The van der Waals surface area contributed by atoms with E-state index in [2.05, 4.69) is 31.1 Å². The van der Waals surface area contributed by atoms with Crippen molar-refractivity contribution in [1.29, 1.82) is 0 Å². The smallest absolute Gasteiger partial charge is 0.332 e. The molecule has 1 aliphatic heterocycles. The highest BCUT2D eigenvalue weighted by Gasteiger charge is 2.43. The number of pyridine rings is 1. The van der Waals surface area contributed by atoms with Crippen LogP contribution in [-0.4, -0.2) is 69.1 Å². The third-order valence-electron chi connectivity index (χ3n) is 7.94. The number of hydrogen-bond donors (Lipinski definition) is 1. The van der Waals surface area contributed by atoms with E-state index in [1.807, 2.05) is 43.4 Å². The third kappa shape index (κ3) is 8.37. The van der Waals surface area contributed by atoms with Crippen LogP contribution in [0.25, 0.3) is 0 Å². The highest BCUT2D eigenvalue weighted by atomic mass is 28.4. The van der Waals surface area contributed by atoms with E-state index in [1.165, 1.54) is 13.3 Å². The molecule has 4 unspecified atom stereocenters. The Morgan fingerprint density at radius 3 is 2.34 bits per heavy atom. The van der Waals surface area contributed by atoms with Gasteiger partial charge in [0, 0.05) is 12.3 Å². The molecule has 1 aromatic carbocycles. The fourth-order valence-electron chi connectivity index (χ4n) is 4.24. The molecule has 1 amide bonds. The molecule has 0 aliphatic carbocycles. The molecule has 0 spiro atoms. The maximum absolute atomic E-state index is 13.6. The van der Waals surface area contributed by atoms with E-state index >= 15 is 0 Å². The van der Waals surface area contributed by atoms with Gasteiger partial charge in [-0.3, -0.25) is 14.4 Å². The monoisotopic (exact) mass is 628 g/mol. The molecule has 0 saturated carbocycles. The quantitative estimate of drug-likeness (QED) is 0.240. The lowest BCUT2D eigenvalue weighted by Gasteiger charge is -2.37. The first-order chi connectivity index (χ1) is 20.6. The average molecular weight is 629 g/mol. The molecule has 3 rings (SSSR count). The first-order valence-corrected chi connectivity index (χ1v) is 17.6. The number of methoxy groups -OCH3 is 1. The zero-order valence-electron chi connectivity index (χ0n) is 27.0. The number of cyclic esters (lactones) is 2. The van der Waals surface area contributed by atoms with Crippen LogP contribution in [0.1, 0.15) is 57.6 Å². The van der Waals surface area contributed by atoms with Crippen LogP contribution in [0.4, 0.5) is 0 Å². The molecular formula is C32H44N2O9Si. The van der Waals surface area contributed by atoms with E-state index in [0.717, 1.165) is 5.56 Å². The van der Waals surface area contributed by atoms with Crippen molar-refractivity contribution in [3.05, 3.63) is 53.9 Å². The summed E-state index contributed by atoms with van der Waals surface area (Å²) < 4.78 is 28.9. The molecule has 1 aromatic heterocycles. The molecule has 44 heavy (non-hydrogen) atoms. The molecule has 1 aliphatic rings. The number of rotatable bonds is 9. The number of esters is 3. The maximum atomic E-state index is 13.6. The lowest BCUT2D eigenvalue weighted by molar-refractivity contribution is -0.176. The Kier molecular flexibility index (Phi) is 11.2. The summed E-state index contributed by atoms with van der Waals surface area (Å²) >= 11 is 0. The zero-order chi connectivity index (χ0) is 32.8. The highest BCUT2D eigenvalue weighted by molar-refractivity contribution is 6.74. The molecule has 0 bridgehead atoms. The molecular weight excluding hydrogens is 584 g/mol. The van der Waals surface area contributed by atoms with E-state index in [-0.39, 0.29) is 22.9 Å². The topological polar surface area (TPSA) is 139 Å². The molecule has 2 heterocycles. The van der Waals surface area contributed by atoms with Crippen LogP contribution in [-0.2, 0) is 35.0 Å². The molecule has 12 heteroatoms. The van der Waals surface area contributed by atoms with Crippen LogP contribution < -0.4 is 14.5 Å². The number of nitrogens with one attached hydrogen (secondary N) is 1. The summed E-state index contributed by atoms with van der Waals surface area (Å²) in [7, 11) is -0.989. The van der Waals surface area contributed by atoms with Crippen molar-refractivity contribution in [2.45, 2.75) is 84.3 Å². The van der Waals surface area contributed by atoms with Gasteiger partial charge in [-0.25, -0.2) is 9.78 Å². The second kappa shape index (κ2) is 14.2. The Morgan fingerprint density at radius 2 is 1.75 bits per heavy atom. The number of amides is 1. The van der Waals surface area contributed by atoms with E-state index in [4.69, 9.17) is 23.4 Å². The van der Waals surface area contributed by atoms with Crippen molar-refractivity contribution in [3.63, 3.8) is 0 Å². The first kappa shape index (κ1) is 34.6. The summed E-state index contributed by atoms with van der Waals surface area (Å²) in [6.07, 6.45) is -0.578. The largest absolute Gasteiger partial charge is 0.539 e. The minimum Gasteiger partial charge on any atom is -0.539 e. The van der Waals surface area contributed by atoms with Crippen molar-refractivity contribution in [2.75, 3.05) is 13.7 Å². The van der Waals surface area contributed by atoms with Gasteiger partial charge in [0.2, 0.25) is 0 Å². The zero-order valence-corrected chi connectivity index (χ0v) is 28.0. The molecule has 1 saturated heterocycles. The van der Waals surface area contributed by atoms with Gasteiger partial charge in [0.05, 0.1) is 13.0 Å². The Labute approximate surface area is 260 Å². The molecule has 0 radical (unpaired) electrons. The Morgan fingerprint density at radius 1 is 1.09 bits per heavy atom. The molecule has 2 aromatic rings. The van der Waals surface area contributed by atoms with Crippen LogP contribution in [0, 0.1) is 11.8 Å². The summed E-state index contributed by atoms with van der Waals surface area (Å²) in [6, 6.07) is 9.39. The summed E-state index contributed by atoms with van der Waals surface area (Å²) in [5, 5.41) is 2.40. The SMILES string of the molecule is COc1ccnc(C(=O)NC2COC(=O)C(Cc3ccccc3)C(OC(=O)C(C)C)C(C)OC2=O)c1O[Si](C)(C)C(C)(C)C. The van der Waals surface area contributed by atoms with Gasteiger partial charge in [0.25, 0.3) is 14.2 Å². The number of ether oxygens (including phenoxy) is 4. The van der Waals surface area contributed by atoms with E-state index < -0.39 is 68.8 Å². The lowest BCUT2D eigenvalue weighted by atomic mass is 9.91. The molecule has 1 fully saturated rings. The van der Waals surface area contributed by atoms with E-state index in [9.17, 15) is 19.2 Å². The van der Waals surface area contributed by atoms with Gasteiger partial charge in [-0.2, -0.15) is 0 Å². The van der Waals surface area contributed by atoms with Crippen LogP contribution in [0.5, 0.6) is 11.5 Å². The normalized spacial score (nSPS) is 21.2. The van der Waals surface area contributed by atoms with E-state index in [0.29, 0.717) is 5.75 Å². The standard InChI is InChI=1S/C32H44N2O9Si/c1-19(2)29(36)42-26-20(3)41-31(38)23(18-40-30(37)22(26)17-21-13-11-10-12-14-21)34-28(35)25-27(24(39-7)15-16-33-25)43-44(8,9)32(4,5)6/h10-16,19-20,22-23,26H,17-18H2,1-9H3,(H,34,35). The number of nitrogens with zero attached hydrogens (tertiary/aromatic N) is 1. The number of aromatic nitrogens is 1. The van der Waals surface area contributed by atoms with Gasteiger partial charge in [-0.1, -0.05) is 65.0 Å². The minimum absolute atomic E-state index is 0.0908. The summed E-state index contributed by atoms with van der Waals surface area (Å²) in [5.74, 6) is -3.83. The fourth-order valence-corrected chi connectivity index (χ4v) is 5.25. The molecule has 4 atom stereocenters. The van der Waals surface area contributed by atoms with E-state index in [1.54, 1.807) is 26.8 Å². The average Bonchev–Trinajstić information content (AvgIpc) is 2.99. The number of carbonyl (C=O) groups excluding carboxylic acids is 4. The van der Waals surface area contributed by atoms with Crippen molar-refractivity contribution in [3.8, 4) is 11.5 Å². The first-order valence-electron chi connectivity index (χ1n) is 14.7. The van der Waals surface area contributed by atoms with Crippen LogP contribution >= 0.6 is 0 Å². The van der Waals surface area contributed by atoms with Crippen LogP contribution in [0.2, 0.25) is 18.1 Å².